The van der Waals surface area contributed by atoms with E-state index in [1.807, 2.05) is 0 Å². The second-order valence-corrected chi connectivity index (χ2v) is 4.41. The van der Waals surface area contributed by atoms with Crippen LogP contribution in [0.2, 0.25) is 0 Å². The second kappa shape index (κ2) is 8.90. The van der Waals surface area contributed by atoms with Gasteiger partial charge in [-0.1, -0.05) is 45.4 Å². The molecule has 2 nitrogen and oxygen atoms in total. The van der Waals surface area contributed by atoms with Crippen LogP contribution in [0.5, 0.6) is 0 Å². The maximum Gasteiger partial charge on any atom is 0.100 e. The lowest BCUT2D eigenvalue weighted by atomic mass is 10.1. The van der Waals surface area contributed by atoms with Crippen LogP contribution in [-0.2, 0) is 4.74 Å². The Balaban J connectivity index is 1.70. The number of epoxide rings is 1. The number of rotatable bonds is 10. The quantitative estimate of drug-likeness (QED) is 0.308. The lowest BCUT2D eigenvalue weighted by molar-refractivity contribution is 0.413. The zero-order chi connectivity index (χ0) is 10.8. The summed E-state index contributed by atoms with van der Waals surface area (Å²) in [5, 5.41) is 0. The third kappa shape index (κ3) is 8.61. The van der Waals surface area contributed by atoms with Gasteiger partial charge < -0.3 is 4.74 Å². The molecule has 1 aliphatic rings. The molecule has 0 spiro atoms. The number of hydrogen-bond donors (Lipinski definition) is 0. The maximum absolute atomic E-state index is 5.08. The van der Waals surface area contributed by atoms with Gasteiger partial charge in [0.2, 0.25) is 0 Å². The summed E-state index contributed by atoms with van der Waals surface area (Å²) in [4.78, 5) is 4.33. The van der Waals surface area contributed by atoms with Crippen LogP contribution in [-0.4, -0.2) is 25.5 Å². The van der Waals surface area contributed by atoms with E-state index < -0.39 is 0 Å². The molecule has 1 fully saturated rings. The summed E-state index contributed by atoms with van der Waals surface area (Å²) in [7, 11) is 0. The number of aliphatic imine (C=N–C) groups is 1. The van der Waals surface area contributed by atoms with Gasteiger partial charge in [-0.15, -0.1) is 0 Å². The van der Waals surface area contributed by atoms with Crippen LogP contribution in [0.25, 0.3) is 0 Å². The molecule has 0 aromatic heterocycles. The first kappa shape index (κ1) is 12.7. The van der Waals surface area contributed by atoms with E-state index in [2.05, 4.69) is 18.1 Å². The first-order chi connectivity index (χ1) is 7.43. The molecule has 88 valence electrons. The molecule has 1 rings (SSSR count). The Bertz CT molecular complexity index is 164. The van der Waals surface area contributed by atoms with Gasteiger partial charge in [0.25, 0.3) is 0 Å². The normalized spacial score (nSPS) is 19.9. The largest absolute Gasteiger partial charge is 0.371 e. The van der Waals surface area contributed by atoms with E-state index in [9.17, 15) is 0 Å². The molecule has 0 amide bonds. The Morgan fingerprint density at radius 2 is 1.80 bits per heavy atom. The third-order valence-corrected chi connectivity index (χ3v) is 2.78. The van der Waals surface area contributed by atoms with E-state index in [1.54, 1.807) is 0 Å². The van der Waals surface area contributed by atoms with Crippen LogP contribution in [0, 0.1) is 0 Å². The van der Waals surface area contributed by atoms with Gasteiger partial charge in [0, 0.05) is 0 Å². The Labute approximate surface area is 94.1 Å². The summed E-state index contributed by atoms with van der Waals surface area (Å²) in [5.74, 6) is 0. The van der Waals surface area contributed by atoms with Crippen molar-refractivity contribution < 1.29 is 4.74 Å². The van der Waals surface area contributed by atoms with E-state index in [4.69, 9.17) is 4.74 Å². The van der Waals surface area contributed by atoms with Crippen molar-refractivity contribution in [2.45, 2.75) is 64.4 Å². The minimum Gasteiger partial charge on any atom is -0.371 e. The van der Waals surface area contributed by atoms with E-state index in [1.165, 1.54) is 44.9 Å². The van der Waals surface area contributed by atoms with Gasteiger partial charge in [0.05, 0.1) is 13.2 Å². The molecule has 0 saturated carbocycles. The Hall–Kier alpha value is -0.370. The van der Waals surface area contributed by atoms with Gasteiger partial charge in [-0.05, 0) is 19.1 Å². The fourth-order valence-corrected chi connectivity index (χ4v) is 1.65. The van der Waals surface area contributed by atoms with Crippen LogP contribution in [0.15, 0.2) is 4.99 Å². The smallest absolute Gasteiger partial charge is 0.100 e. The number of unbranched alkanes of at least 4 members (excludes halogenated alkanes) is 7. The molecule has 0 aliphatic carbocycles. The molecule has 1 atom stereocenters. The molecule has 0 aromatic rings. The highest BCUT2D eigenvalue weighted by atomic mass is 16.6. The highest BCUT2D eigenvalue weighted by Crippen LogP contribution is 2.09. The molecule has 0 bridgehead atoms. The zero-order valence-corrected chi connectivity index (χ0v) is 10.1. The van der Waals surface area contributed by atoms with Crippen LogP contribution in [0.3, 0.4) is 0 Å². The van der Waals surface area contributed by atoms with Crippen molar-refractivity contribution in [3.05, 3.63) is 0 Å². The molecular weight excluding hydrogens is 186 g/mol. The molecule has 2 heteroatoms. The number of ether oxygens (including phenoxy) is 1. The van der Waals surface area contributed by atoms with Crippen LogP contribution in [0.1, 0.15) is 58.3 Å². The van der Waals surface area contributed by atoms with Gasteiger partial charge in [0.1, 0.15) is 6.10 Å². The van der Waals surface area contributed by atoms with E-state index in [0.717, 1.165) is 19.6 Å². The summed E-state index contributed by atoms with van der Waals surface area (Å²) in [6, 6.07) is 0. The summed E-state index contributed by atoms with van der Waals surface area (Å²) >= 11 is 0. The zero-order valence-electron chi connectivity index (χ0n) is 10.1. The van der Waals surface area contributed by atoms with Gasteiger partial charge in [-0.3, -0.25) is 4.99 Å². The topological polar surface area (TPSA) is 24.9 Å². The standard InChI is InChI=1S/C13H25NO/c1-2-3-4-5-6-7-8-9-10-14-11-13-12-15-13/h10,13H,2-9,11-12H2,1H3/b14-10+. The molecule has 1 unspecified atom stereocenters. The maximum atomic E-state index is 5.08. The molecule has 1 saturated heterocycles. The monoisotopic (exact) mass is 211 g/mol. The predicted molar refractivity (Wildman–Crippen MR) is 65.7 cm³/mol. The molecule has 0 radical (unpaired) electrons. The van der Waals surface area contributed by atoms with E-state index >= 15 is 0 Å². The van der Waals surface area contributed by atoms with Gasteiger partial charge in [0.15, 0.2) is 0 Å². The Morgan fingerprint density at radius 1 is 1.13 bits per heavy atom. The van der Waals surface area contributed by atoms with Gasteiger partial charge in [-0.2, -0.15) is 0 Å². The lowest BCUT2D eigenvalue weighted by Crippen LogP contribution is -1.90. The molecular formula is C13H25NO. The lowest BCUT2D eigenvalue weighted by Gasteiger charge is -1.98. The minimum atomic E-state index is 0.454. The highest BCUT2D eigenvalue weighted by molar-refractivity contribution is 5.57. The minimum absolute atomic E-state index is 0.454. The van der Waals surface area contributed by atoms with Gasteiger partial charge >= 0.3 is 0 Å². The van der Waals surface area contributed by atoms with Crippen molar-refractivity contribution >= 4 is 6.21 Å². The van der Waals surface area contributed by atoms with E-state index in [-0.39, 0.29) is 0 Å². The molecule has 15 heavy (non-hydrogen) atoms. The van der Waals surface area contributed by atoms with Crippen molar-refractivity contribution in [3.63, 3.8) is 0 Å². The van der Waals surface area contributed by atoms with Crippen LogP contribution < -0.4 is 0 Å². The van der Waals surface area contributed by atoms with Crippen molar-refractivity contribution in [1.29, 1.82) is 0 Å². The molecule has 0 aromatic carbocycles. The summed E-state index contributed by atoms with van der Waals surface area (Å²) in [6.45, 7) is 4.07. The average Bonchev–Trinajstić information content (AvgIpc) is 3.05. The van der Waals surface area contributed by atoms with Crippen molar-refractivity contribution in [2.75, 3.05) is 13.2 Å². The molecule has 1 heterocycles. The fraction of sp³-hybridized carbons (Fsp3) is 0.923. The highest BCUT2D eigenvalue weighted by Gasteiger charge is 2.20. The predicted octanol–water partition coefficient (Wildman–Crippen LogP) is 3.60. The van der Waals surface area contributed by atoms with Gasteiger partial charge in [-0.25, -0.2) is 0 Å². The first-order valence-electron chi connectivity index (χ1n) is 6.53. The molecule has 1 aliphatic heterocycles. The van der Waals surface area contributed by atoms with Crippen molar-refractivity contribution in [3.8, 4) is 0 Å². The van der Waals surface area contributed by atoms with Crippen LogP contribution >= 0.6 is 0 Å². The summed E-state index contributed by atoms with van der Waals surface area (Å²) in [5.41, 5.74) is 0. The van der Waals surface area contributed by atoms with Crippen molar-refractivity contribution in [2.24, 2.45) is 4.99 Å². The Kier molecular flexibility index (Phi) is 7.53. The third-order valence-electron chi connectivity index (χ3n) is 2.78. The second-order valence-electron chi connectivity index (χ2n) is 4.41. The number of hydrogen-bond acceptors (Lipinski definition) is 2. The Morgan fingerprint density at radius 3 is 2.47 bits per heavy atom. The first-order valence-corrected chi connectivity index (χ1v) is 6.53. The SMILES string of the molecule is CCCCCCCCC/C=N/CC1CO1. The van der Waals surface area contributed by atoms with Crippen LogP contribution in [0.4, 0.5) is 0 Å². The van der Waals surface area contributed by atoms with E-state index in [0.29, 0.717) is 6.10 Å². The summed E-state index contributed by atoms with van der Waals surface area (Å²) in [6.07, 6.45) is 13.4. The fourth-order valence-electron chi connectivity index (χ4n) is 1.65. The number of nitrogens with zero attached hydrogens (tertiary/aromatic N) is 1. The average molecular weight is 211 g/mol. The van der Waals surface area contributed by atoms with Crippen molar-refractivity contribution in [1.82, 2.24) is 0 Å². The molecule has 0 N–H and O–H groups in total. The summed E-state index contributed by atoms with van der Waals surface area (Å²) < 4.78 is 5.08.